The van der Waals surface area contributed by atoms with E-state index >= 15 is 0 Å². The van der Waals surface area contributed by atoms with Gasteiger partial charge in [-0.15, -0.1) is 11.3 Å². The summed E-state index contributed by atoms with van der Waals surface area (Å²) < 4.78 is 1.58. The molecule has 0 radical (unpaired) electrons. The third kappa shape index (κ3) is 4.32. The normalized spacial score (nSPS) is 11.8. The first-order chi connectivity index (χ1) is 14.5. The number of hydrogen-bond acceptors (Lipinski definition) is 6. The molecule has 0 aliphatic rings. The van der Waals surface area contributed by atoms with Crippen LogP contribution >= 0.6 is 22.7 Å². The molecule has 1 aromatic carbocycles. The molecule has 2 amide bonds. The molecule has 3 heterocycles. The number of aryl methyl sites for hydroxylation is 1. The molecule has 0 saturated heterocycles. The monoisotopic (exact) mass is 437 g/mol. The molecule has 0 fully saturated rings. The number of carbonyl (C=O) groups excluding carboxylic acids is 2. The van der Waals surface area contributed by atoms with Gasteiger partial charge >= 0.3 is 0 Å². The van der Waals surface area contributed by atoms with Gasteiger partial charge in [-0.1, -0.05) is 6.07 Å². The maximum Gasteiger partial charge on any atom is 0.267 e. The van der Waals surface area contributed by atoms with Gasteiger partial charge in [0.2, 0.25) is 5.91 Å². The maximum absolute atomic E-state index is 12.8. The number of hydrogen-bond donors (Lipinski definition) is 2. The molecule has 0 saturated carbocycles. The number of nitrogens with one attached hydrogen (secondary N) is 2. The van der Waals surface area contributed by atoms with Gasteiger partial charge in [-0.05, 0) is 49.6 Å². The van der Waals surface area contributed by atoms with Crippen molar-refractivity contribution in [3.8, 4) is 10.6 Å². The molecule has 3 aromatic heterocycles. The van der Waals surface area contributed by atoms with Crippen LogP contribution in [-0.4, -0.2) is 26.6 Å². The van der Waals surface area contributed by atoms with E-state index in [2.05, 4.69) is 20.7 Å². The molecule has 0 aliphatic heterocycles. The summed E-state index contributed by atoms with van der Waals surface area (Å²) >= 11 is 2.96. The fourth-order valence-electron chi connectivity index (χ4n) is 2.86. The Morgan fingerprint density at radius 2 is 1.93 bits per heavy atom. The van der Waals surface area contributed by atoms with Crippen molar-refractivity contribution in [2.75, 3.05) is 10.6 Å². The molecular weight excluding hydrogens is 418 g/mol. The van der Waals surface area contributed by atoms with Crippen molar-refractivity contribution in [1.29, 1.82) is 0 Å². The Hall–Kier alpha value is -3.30. The van der Waals surface area contributed by atoms with Gasteiger partial charge in [-0.3, -0.25) is 14.3 Å². The van der Waals surface area contributed by atoms with Crippen molar-refractivity contribution in [2.24, 2.45) is 0 Å². The SMILES string of the molecule is Cc1nc(-c2ccsc2)sc1C(=O)Nc1cccc(NC(=O)C(C)n2cccn2)c1. The lowest BCUT2D eigenvalue weighted by Crippen LogP contribution is -2.24. The molecule has 152 valence electrons. The zero-order valence-electron chi connectivity index (χ0n) is 16.3. The lowest BCUT2D eigenvalue weighted by molar-refractivity contribution is -0.119. The number of anilines is 2. The Morgan fingerprint density at radius 1 is 1.13 bits per heavy atom. The molecule has 2 N–H and O–H groups in total. The van der Waals surface area contributed by atoms with Crippen LogP contribution in [0, 0.1) is 6.92 Å². The number of aromatic nitrogens is 3. The Labute approximate surface area is 181 Å². The number of benzene rings is 1. The van der Waals surface area contributed by atoms with E-state index in [-0.39, 0.29) is 11.8 Å². The minimum atomic E-state index is -0.450. The van der Waals surface area contributed by atoms with Crippen LogP contribution in [0.4, 0.5) is 11.4 Å². The summed E-state index contributed by atoms with van der Waals surface area (Å²) in [4.78, 5) is 30.3. The van der Waals surface area contributed by atoms with Gasteiger partial charge in [0.15, 0.2) is 0 Å². The van der Waals surface area contributed by atoms with Crippen LogP contribution in [0.25, 0.3) is 10.6 Å². The number of nitrogens with zero attached hydrogens (tertiary/aromatic N) is 3. The largest absolute Gasteiger partial charge is 0.324 e. The highest BCUT2D eigenvalue weighted by molar-refractivity contribution is 7.17. The Bertz CT molecular complexity index is 1170. The molecule has 30 heavy (non-hydrogen) atoms. The molecule has 0 bridgehead atoms. The summed E-state index contributed by atoms with van der Waals surface area (Å²) in [6.07, 6.45) is 3.37. The highest BCUT2D eigenvalue weighted by Crippen LogP contribution is 2.30. The Morgan fingerprint density at radius 3 is 2.63 bits per heavy atom. The minimum absolute atomic E-state index is 0.194. The standard InChI is InChI=1S/C21H19N5O2S2/c1-13-18(30-21(23-13)15-7-10-29-12-15)20(28)25-17-6-3-5-16(11-17)24-19(27)14(2)26-9-4-8-22-26/h3-12,14H,1-2H3,(H,24,27)(H,25,28). The third-order valence-corrected chi connectivity index (χ3v) is 6.35. The average Bonchev–Trinajstić information content (AvgIpc) is 3.49. The quantitative estimate of drug-likeness (QED) is 0.452. The third-order valence-electron chi connectivity index (χ3n) is 4.46. The van der Waals surface area contributed by atoms with E-state index in [0.29, 0.717) is 21.9 Å². The topological polar surface area (TPSA) is 88.9 Å². The summed E-state index contributed by atoms with van der Waals surface area (Å²) in [5.41, 5.74) is 2.89. The second kappa shape index (κ2) is 8.60. The van der Waals surface area contributed by atoms with Gasteiger partial charge in [0, 0.05) is 34.7 Å². The van der Waals surface area contributed by atoms with Crippen molar-refractivity contribution in [1.82, 2.24) is 14.8 Å². The summed E-state index contributed by atoms with van der Waals surface area (Å²) in [6.45, 7) is 3.60. The van der Waals surface area contributed by atoms with E-state index in [4.69, 9.17) is 0 Å². The van der Waals surface area contributed by atoms with Crippen LogP contribution in [0.2, 0.25) is 0 Å². The molecule has 9 heteroatoms. The van der Waals surface area contributed by atoms with E-state index in [0.717, 1.165) is 10.6 Å². The van der Waals surface area contributed by atoms with Crippen molar-refractivity contribution in [2.45, 2.75) is 19.9 Å². The summed E-state index contributed by atoms with van der Waals surface area (Å²) in [5.74, 6) is -0.416. The van der Waals surface area contributed by atoms with Crippen molar-refractivity contribution >= 4 is 45.9 Å². The Kier molecular flexibility index (Phi) is 5.73. The lowest BCUT2D eigenvalue weighted by atomic mass is 10.2. The smallest absolute Gasteiger partial charge is 0.267 e. The first-order valence-corrected chi connectivity index (χ1v) is 11.0. The van der Waals surface area contributed by atoms with Gasteiger partial charge in [0.05, 0.1) is 5.69 Å². The van der Waals surface area contributed by atoms with E-state index < -0.39 is 6.04 Å². The molecule has 7 nitrogen and oxygen atoms in total. The molecular formula is C21H19N5O2S2. The lowest BCUT2D eigenvalue weighted by Gasteiger charge is -2.13. The first kappa shape index (κ1) is 20.0. The minimum Gasteiger partial charge on any atom is -0.324 e. The molecule has 4 aromatic rings. The molecule has 4 rings (SSSR count). The summed E-state index contributed by atoms with van der Waals surface area (Å²) in [7, 11) is 0. The highest BCUT2D eigenvalue weighted by atomic mass is 32.1. The van der Waals surface area contributed by atoms with Crippen LogP contribution in [0.15, 0.2) is 59.6 Å². The van der Waals surface area contributed by atoms with Crippen LogP contribution in [-0.2, 0) is 4.79 Å². The number of carbonyl (C=O) groups is 2. The van der Waals surface area contributed by atoms with Crippen molar-refractivity contribution in [3.05, 3.63) is 70.1 Å². The fraction of sp³-hybridized carbons (Fsp3) is 0.143. The zero-order valence-corrected chi connectivity index (χ0v) is 18.0. The second-order valence-electron chi connectivity index (χ2n) is 6.63. The van der Waals surface area contributed by atoms with Crippen LogP contribution in [0.1, 0.15) is 28.3 Å². The van der Waals surface area contributed by atoms with Crippen molar-refractivity contribution < 1.29 is 9.59 Å². The maximum atomic E-state index is 12.8. The predicted octanol–water partition coefficient (Wildman–Crippen LogP) is 4.83. The summed E-state index contributed by atoms with van der Waals surface area (Å²) in [6, 6.07) is 10.4. The van der Waals surface area contributed by atoms with Gasteiger partial charge < -0.3 is 10.6 Å². The average molecular weight is 438 g/mol. The molecule has 1 atom stereocenters. The van der Waals surface area contributed by atoms with Crippen LogP contribution < -0.4 is 10.6 Å². The highest BCUT2D eigenvalue weighted by Gasteiger charge is 2.18. The summed E-state index contributed by atoms with van der Waals surface area (Å²) in [5, 5.41) is 14.7. The molecule has 0 aliphatic carbocycles. The zero-order chi connectivity index (χ0) is 21.1. The fourth-order valence-corrected chi connectivity index (χ4v) is 4.53. The van der Waals surface area contributed by atoms with E-state index in [9.17, 15) is 9.59 Å². The number of amides is 2. The number of thiophene rings is 1. The van der Waals surface area contributed by atoms with Gasteiger partial charge in [-0.2, -0.15) is 16.4 Å². The van der Waals surface area contributed by atoms with Crippen molar-refractivity contribution in [3.63, 3.8) is 0 Å². The van der Waals surface area contributed by atoms with Crippen LogP contribution in [0.3, 0.4) is 0 Å². The van der Waals surface area contributed by atoms with E-state index in [1.54, 1.807) is 65.7 Å². The van der Waals surface area contributed by atoms with Gasteiger partial charge in [0.1, 0.15) is 15.9 Å². The van der Waals surface area contributed by atoms with E-state index in [1.807, 2.05) is 23.8 Å². The van der Waals surface area contributed by atoms with E-state index in [1.165, 1.54) is 11.3 Å². The Balaban J connectivity index is 1.45. The van der Waals surface area contributed by atoms with Gasteiger partial charge in [0.25, 0.3) is 5.91 Å². The number of thiazole rings is 1. The molecule has 1 unspecified atom stereocenters. The predicted molar refractivity (Wildman–Crippen MR) is 120 cm³/mol. The van der Waals surface area contributed by atoms with Crippen LogP contribution in [0.5, 0.6) is 0 Å². The van der Waals surface area contributed by atoms with Gasteiger partial charge in [-0.25, -0.2) is 4.98 Å². The molecule has 0 spiro atoms. The number of rotatable bonds is 6. The second-order valence-corrected chi connectivity index (χ2v) is 8.41. The first-order valence-electron chi connectivity index (χ1n) is 9.22.